The lowest BCUT2D eigenvalue weighted by Gasteiger charge is -2.19. The van der Waals surface area contributed by atoms with Gasteiger partial charge in [-0.25, -0.2) is 4.68 Å². The Morgan fingerprint density at radius 3 is 2.66 bits per heavy atom. The Labute approximate surface area is 211 Å². The first kappa shape index (κ1) is 22.9. The molecule has 1 unspecified atom stereocenters. The van der Waals surface area contributed by atoms with Crippen LogP contribution >= 0.6 is 23.4 Å². The molecule has 1 aromatic heterocycles. The molecular weight excluding hydrogens is 480 g/mol. The highest BCUT2D eigenvalue weighted by atomic mass is 35.5. The van der Waals surface area contributed by atoms with Gasteiger partial charge >= 0.3 is 0 Å². The number of benzene rings is 3. The minimum Gasteiger partial charge on any atom is -0.324 e. The van der Waals surface area contributed by atoms with Crippen LogP contribution in [0.15, 0.2) is 77.7 Å². The molecule has 0 bridgehead atoms. The number of aryl methyl sites for hydroxylation is 1. The van der Waals surface area contributed by atoms with Gasteiger partial charge in [-0.1, -0.05) is 47.5 Å². The minimum atomic E-state index is -1.55. The van der Waals surface area contributed by atoms with Crippen LogP contribution in [-0.4, -0.2) is 21.5 Å². The van der Waals surface area contributed by atoms with E-state index < -0.39 is 17.6 Å². The number of carbonyl (C=O) groups excluding carboxylic acids is 2. The molecule has 172 valence electrons. The Balaban J connectivity index is 1.59. The smallest absolute Gasteiger partial charge is 0.249 e. The summed E-state index contributed by atoms with van der Waals surface area (Å²) in [6, 6.07) is 24.1. The van der Waals surface area contributed by atoms with Crippen molar-refractivity contribution in [3.8, 4) is 23.0 Å². The van der Waals surface area contributed by atoms with Crippen LogP contribution in [0.4, 0.5) is 5.69 Å². The first-order valence-electron chi connectivity index (χ1n) is 10.9. The van der Waals surface area contributed by atoms with E-state index in [-0.39, 0.29) is 5.69 Å². The molecule has 0 radical (unpaired) electrons. The van der Waals surface area contributed by atoms with E-state index in [9.17, 15) is 14.9 Å². The molecule has 0 saturated carbocycles. The number of thioether (sulfide) groups is 1. The average molecular weight is 499 g/mol. The SMILES string of the molecule is Cc1ccc2c(c1)-c1c(c(C(=O)C(C#N)C(=O)Nc3cccc(Cl)c3)nn1-c1ccccc1)CS2. The maximum absolute atomic E-state index is 13.6. The Hall–Kier alpha value is -3.86. The number of halogens is 1. The Kier molecular flexibility index (Phi) is 6.16. The molecule has 35 heavy (non-hydrogen) atoms. The fourth-order valence-electron chi connectivity index (χ4n) is 4.08. The number of nitrogens with zero attached hydrogens (tertiary/aromatic N) is 3. The molecule has 5 rings (SSSR count). The molecule has 2 heterocycles. The highest BCUT2D eigenvalue weighted by Crippen LogP contribution is 2.44. The minimum absolute atomic E-state index is 0.135. The van der Waals surface area contributed by atoms with Gasteiger partial charge in [0.25, 0.3) is 0 Å². The summed E-state index contributed by atoms with van der Waals surface area (Å²) in [5.41, 5.74) is 4.93. The number of rotatable bonds is 5. The Bertz CT molecular complexity index is 1510. The number of anilines is 1. The summed E-state index contributed by atoms with van der Waals surface area (Å²) in [7, 11) is 0. The Morgan fingerprint density at radius 2 is 1.91 bits per heavy atom. The second kappa shape index (κ2) is 9.41. The van der Waals surface area contributed by atoms with Crippen LogP contribution in [-0.2, 0) is 10.5 Å². The van der Waals surface area contributed by atoms with Crippen LogP contribution in [0.5, 0.6) is 0 Å². The third-order valence-corrected chi connectivity index (χ3v) is 7.06. The van der Waals surface area contributed by atoms with E-state index in [0.717, 1.165) is 33.0 Å². The molecule has 0 spiro atoms. The zero-order valence-corrected chi connectivity index (χ0v) is 20.2. The molecule has 0 fully saturated rings. The summed E-state index contributed by atoms with van der Waals surface area (Å²) < 4.78 is 1.74. The van der Waals surface area contributed by atoms with Gasteiger partial charge in [0.2, 0.25) is 11.7 Å². The van der Waals surface area contributed by atoms with Gasteiger partial charge in [0.1, 0.15) is 5.69 Å². The number of carbonyl (C=O) groups is 2. The van der Waals surface area contributed by atoms with Crippen molar-refractivity contribution in [3.63, 3.8) is 0 Å². The molecule has 0 aliphatic carbocycles. The average Bonchev–Trinajstić information content (AvgIpc) is 3.25. The molecule has 0 saturated heterocycles. The molecule has 6 nitrogen and oxygen atoms in total. The number of hydrogen-bond donors (Lipinski definition) is 1. The monoisotopic (exact) mass is 498 g/mol. The first-order chi connectivity index (χ1) is 17.0. The standard InChI is InChI=1S/C27H19ClN4O2S/c1-16-10-11-23-20(12-16)25-22(15-35-23)24(31-32(25)19-8-3-2-4-9-19)26(33)21(14-29)27(34)30-18-7-5-6-17(28)13-18/h2-13,21H,15H2,1H3,(H,30,34). The largest absolute Gasteiger partial charge is 0.324 e. The quantitative estimate of drug-likeness (QED) is 0.266. The normalized spacial score (nSPS) is 12.7. The van der Waals surface area contributed by atoms with Gasteiger partial charge in [-0.3, -0.25) is 9.59 Å². The lowest BCUT2D eigenvalue weighted by molar-refractivity contribution is -0.117. The highest BCUT2D eigenvalue weighted by Gasteiger charge is 2.35. The predicted octanol–water partition coefficient (Wildman–Crippen LogP) is 6.07. The van der Waals surface area contributed by atoms with Crippen molar-refractivity contribution in [1.82, 2.24) is 9.78 Å². The van der Waals surface area contributed by atoms with Gasteiger partial charge in [-0.05, 0) is 49.4 Å². The van der Waals surface area contributed by atoms with Gasteiger partial charge in [-0.2, -0.15) is 10.4 Å². The summed E-state index contributed by atoms with van der Waals surface area (Å²) in [6.07, 6.45) is 0. The molecular formula is C27H19ClN4O2S. The summed E-state index contributed by atoms with van der Waals surface area (Å²) in [5.74, 6) is -2.40. The zero-order chi connectivity index (χ0) is 24.5. The van der Waals surface area contributed by atoms with Crippen LogP contribution < -0.4 is 5.32 Å². The first-order valence-corrected chi connectivity index (χ1v) is 12.2. The van der Waals surface area contributed by atoms with Crippen molar-refractivity contribution in [3.05, 3.63) is 94.6 Å². The lowest BCUT2D eigenvalue weighted by atomic mass is 9.97. The van der Waals surface area contributed by atoms with E-state index in [2.05, 4.69) is 28.6 Å². The van der Waals surface area contributed by atoms with Crippen molar-refractivity contribution in [2.75, 3.05) is 5.32 Å². The van der Waals surface area contributed by atoms with Gasteiger partial charge in [0, 0.05) is 32.5 Å². The van der Waals surface area contributed by atoms with E-state index in [1.165, 1.54) is 0 Å². The van der Waals surface area contributed by atoms with Crippen LogP contribution in [0.1, 0.15) is 21.6 Å². The predicted molar refractivity (Wildman–Crippen MR) is 137 cm³/mol. The topological polar surface area (TPSA) is 87.8 Å². The van der Waals surface area contributed by atoms with Gasteiger partial charge in [-0.15, -0.1) is 11.8 Å². The lowest BCUT2D eigenvalue weighted by Crippen LogP contribution is -2.29. The van der Waals surface area contributed by atoms with Crippen LogP contribution in [0.25, 0.3) is 16.9 Å². The molecule has 3 aromatic carbocycles. The number of nitriles is 1. The second-order valence-corrected chi connectivity index (χ2v) is 9.59. The Morgan fingerprint density at radius 1 is 1.11 bits per heavy atom. The summed E-state index contributed by atoms with van der Waals surface area (Å²) in [5, 5.41) is 17.5. The molecule has 4 aromatic rings. The van der Waals surface area contributed by atoms with Crippen molar-refractivity contribution >= 4 is 40.7 Å². The van der Waals surface area contributed by atoms with Crippen molar-refractivity contribution < 1.29 is 9.59 Å². The third kappa shape index (κ3) is 4.34. The van der Waals surface area contributed by atoms with Crippen molar-refractivity contribution in [2.45, 2.75) is 17.6 Å². The number of Topliss-reactive ketones (excluding diaryl/α,β-unsaturated/α-hetero) is 1. The number of hydrogen-bond acceptors (Lipinski definition) is 5. The fourth-order valence-corrected chi connectivity index (χ4v) is 5.32. The fraction of sp³-hybridized carbons (Fsp3) is 0.111. The maximum atomic E-state index is 13.6. The van der Waals surface area contributed by atoms with E-state index >= 15 is 0 Å². The number of nitrogens with one attached hydrogen (secondary N) is 1. The van der Waals surface area contributed by atoms with E-state index in [4.69, 9.17) is 11.6 Å². The number of fused-ring (bicyclic) bond motifs is 3. The third-order valence-electron chi connectivity index (χ3n) is 5.73. The maximum Gasteiger partial charge on any atom is 0.249 e. The molecule has 1 atom stereocenters. The highest BCUT2D eigenvalue weighted by molar-refractivity contribution is 7.98. The van der Waals surface area contributed by atoms with E-state index in [1.807, 2.05) is 43.3 Å². The summed E-state index contributed by atoms with van der Waals surface area (Å²) >= 11 is 7.60. The van der Waals surface area contributed by atoms with Gasteiger partial charge < -0.3 is 5.32 Å². The number of para-hydroxylation sites is 1. The van der Waals surface area contributed by atoms with Crippen LogP contribution in [0.2, 0.25) is 5.02 Å². The van der Waals surface area contributed by atoms with E-state index in [1.54, 1.807) is 40.7 Å². The van der Waals surface area contributed by atoms with Crippen LogP contribution in [0.3, 0.4) is 0 Å². The van der Waals surface area contributed by atoms with Crippen molar-refractivity contribution in [1.29, 1.82) is 5.26 Å². The summed E-state index contributed by atoms with van der Waals surface area (Å²) in [4.78, 5) is 27.6. The molecule has 1 amide bonds. The van der Waals surface area contributed by atoms with Gasteiger partial charge in [0.15, 0.2) is 5.92 Å². The number of ketones is 1. The van der Waals surface area contributed by atoms with Crippen molar-refractivity contribution in [2.24, 2.45) is 5.92 Å². The summed E-state index contributed by atoms with van der Waals surface area (Å²) in [6.45, 7) is 2.01. The van der Waals surface area contributed by atoms with Crippen LogP contribution in [0, 0.1) is 24.2 Å². The number of aromatic nitrogens is 2. The van der Waals surface area contributed by atoms with Gasteiger partial charge in [0.05, 0.1) is 17.5 Å². The molecule has 8 heteroatoms. The molecule has 1 aliphatic heterocycles. The molecule has 1 N–H and O–H groups in total. The second-order valence-electron chi connectivity index (χ2n) is 8.14. The molecule has 1 aliphatic rings. The number of amides is 1. The zero-order valence-electron chi connectivity index (χ0n) is 18.7. The van der Waals surface area contributed by atoms with E-state index in [0.29, 0.717) is 16.5 Å².